The molecule has 3 aromatic rings. The van der Waals surface area contributed by atoms with Crippen molar-refractivity contribution in [3.63, 3.8) is 0 Å². The van der Waals surface area contributed by atoms with Crippen LogP contribution >= 0.6 is 0 Å². The van der Waals surface area contributed by atoms with Gasteiger partial charge in [-0.2, -0.15) is 0 Å². The molecule has 3 rings (SSSR count). The molecule has 1 N–H and O–H groups in total. The number of hydrogen-bond donors (Lipinski definition) is 1. The Morgan fingerprint density at radius 1 is 1.28 bits per heavy atom. The predicted molar refractivity (Wildman–Crippen MR) is 67.8 cm³/mol. The first kappa shape index (κ1) is 11.0. The van der Waals surface area contributed by atoms with E-state index in [2.05, 4.69) is 4.98 Å². The Balaban J connectivity index is 1.85. The molecule has 0 bridgehead atoms. The Hall–Kier alpha value is -2.14. The third-order valence-corrected chi connectivity index (χ3v) is 2.65. The standard InChI is InChI=1S/C13H10BNO3/c16-7-9-1-4-13(15-6-9)18-11-2-3-12-10(5-11)8-17-14-12/h1-6,8,16H,7H2. The van der Waals surface area contributed by atoms with E-state index in [1.807, 2.05) is 18.2 Å². The maximum absolute atomic E-state index is 8.92. The monoisotopic (exact) mass is 239 g/mol. The van der Waals surface area contributed by atoms with Crippen molar-refractivity contribution in [2.24, 2.45) is 0 Å². The fraction of sp³-hybridized carbons (Fsp3) is 0.0769. The molecule has 0 spiro atoms. The molecule has 5 heteroatoms. The molecule has 18 heavy (non-hydrogen) atoms. The van der Waals surface area contributed by atoms with Crippen molar-refractivity contribution in [1.29, 1.82) is 0 Å². The Kier molecular flexibility index (Phi) is 2.82. The van der Waals surface area contributed by atoms with Crippen molar-refractivity contribution >= 4 is 17.8 Å². The molecule has 0 aliphatic heterocycles. The molecule has 1 aromatic carbocycles. The SMILES string of the molecule is OCc1ccc(Oc2ccc3bocc3c2)nc1. The number of fused-ring (bicyclic) bond motifs is 1. The van der Waals surface area contributed by atoms with Crippen molar-refractivity contribution in [2.75, 3.05) is 0 Å². The van der Waals surface area contributed by atoms with Gasteiger partial charge in [0.1, 0.15) is 0 Å². The van der Waals surface area contributed by atoms with Gasteiger partial charge in [0.05, 0.1) is 0 Å². The van der Waals surface area contributed by atoms with E-state index in [1.54, 1.807) is 31.7 Å². The van der Waals surface area contributed by atoms with Crippen LogP contribution in [0.2, 0.25) is 0 Å². The van der Waals surface area contributed by atoms with Crippen molar-refractivity contribution in [1.82, 2.24) is 4.98 Å². The van der Waals surface area contributed by atoms with Gasteiger partial charge in [0.25, 0.3) is 0 Å². The summed E-state index contributed by atoms with van der Waals surface area (Å²) in [7, 11) is 1.69. The molecule has 0 fully saturated rings. The van der Waals surface area contributed by atoms with Crippen molar-refractivity contribution in [3.05, 3.63) is 48.4 Å². The van der Waals surface area contributed by atoms with E-state index in [4.69, 9.17) is 14.2 Å². The van der Waals surface area contributed by atoms with Crippen molar-refractivity contribution < 1.29 is 14.2 Å². The summed E-state index contributed by atoms with van der Waals surface area (Å²) >= 11 is 0. The van der Waals surface area contributed by atoms with Crippen LogP contribution in [0.15, 0.2) is 47.1 Å². The zero-order valence-electron chi connectivity index (χ0n) is 9.54. The van der Waals surface area contributed by atoms with Crippen LogP contribution in [0, 0.1) is 0 Å². The molecule has 0 saturated carbocycles. The summed E-state index contributed by atoms with van der Waals surface area (Å²) in [6, 6.07) is 9.18. The van der Waals surface area contributed by atoms with E-state index in [0.29, 0.717) is 11.6 Å². The quantitative estimate of drug-likeness (QED) is 0.762. The summed E-state index contributed by atoms with van der Waals surface area (Å²) in [6.07, 6.45) is 3.26. The van der Waals surface area contributed by atoms with Crippen LogP contribution in [-0.4, -0.2) is 17.2 Å². The number of hydrogen-bond acceptors (Lipinski definition) is 4. The first-order valence-electron chi connectivity index (χ1n) is 5.55. The fourth-order valence-electron chi connectivity index (χ4n) is 1.69. The molecule has 0 unspecified atom stereocenters. The van der Waals surface area contributed by atoms with E-state index < -0.39 is 0 Å². The molecule has 0 amide bonds. The van der Waals surface area contributed by atoms with Gasteiger partial charge in [-0.05, 0) is 0 Å². The number of aliphatic hydroxyl groups is 1. The molecule has 0 atom stereocenters. The molecule has 0 aliphatic rings. The van der Waals surface area contributed by atoms with Crippen molar-refractivity contribution in [2.45, 2.75) is 6.61 Å². The summed E-state index contributed by atoms with van der Waals surface area (Å²) < 4.78 is 10.7. The van der Waals surface area contributed by atoms with E-state index in [0.717, 1.165) is 16.2 Å². The molecule has 2 aromatic heterocycles. The van der Waals surface area contributed by atoms with Crippen LogP contribution < -0.4 is 4.74 Å². The van der Waals surface area contributed by atoms with Gasteiger partial charge in [0, 0.05) is 0 Å². The van der Waals surface area contributed by atoms with Gasteiger partial charge in [0.15, 0.2) is 0 Å². The van der Waals surface area contributed by atoms with Crippen LogP contribution in [0.1, 0.15) is 5.56 Å². The number of aliphatic hydroxyl groups excluding tert-OH is 1. The predicted octanol–water partition coefficient (Wildman–Crippen LogP) is 2.45. The molecular formula is C13H10BNO3. The molecule has 2 heterocycles. The number of rotatable bonds is 3. The summed E-state index contributed by atoms with van der Waals surface area (Å²) in [4.78, 5) is 4.11. The normalized spacial score (nSPS) is 10.5. The molecule has 88 valence electrons. The van der Waals surface area contributed by atoms with E-state index >= 15 is 0 Å². The topological polar surface area (TPSA) is 55.5 Å². The minimum atomic E-state index is -0.0196. The van der Waals surface area contributed by atoms with Crippen LogP contribution in [0.4, 0.5) is 0 Å². The average molecular weight is 239 g/mol. The van der Waals surface area contributed by atoms with Gasteiger partial charge in [-0.25, -0.2) is 0 Å². The van der Waals surface area contributed by atoms with Crippen molar-refractivity contribution in [3.8, 4) is 11.6 Å². The number of pyridine rings is 1. The van der Waals surface area contributed by atoms with E-state index in [1.165, 1.54) is 0 Å². The summed E-state index contributed by atoms with van der Waals surface area (Å²) in [5.41, 5.74) is 0.757. The number of aromatic nitrogens is 1. The van der Waals surface area contributed by atoms with Crippen LogP contribution in [0.25, 0.3) is 10.7 Å². The third kappa shape index (κ3) is 2.12. The number of nitrogens with zero attached hydrogens (tertiary/aromatic N) is 1. The third-order valence-electron chi connectivity index (χ3n) is 2.65. The van der Waals surface area contributed by atoms with Gasteiger partial charge < -0.3 is 0 Å². The molecule has 0 aliphatic carbocycles. The van der Waals surface area contributed by atoms with Gasteiger partial charge in [-0.1, -0.05) is 0 Å². The zero-order chi connectivity index (χ0) is 12.4. The van der Waals surface area contributed by atoms with Gasteiger partial charge >= 0.3 is 104 Å². The Labute approximate surface area is 104 Å². The summed E-state index contributed by atoms with van der Waals surface area (Å²) in [5.74, 6) is 1.20. The molecule has 0 saturated heterocycles. The summed E-state index contributed by atoms with van der Waals surface area (Å²) in [6.45, 7) is -0.0196. The Bertz CT molecular complexity index is 663. The maximum atomic E-state index is 8.92. The Morgan fingerprint density at radius 3 is 3.00 bits per heavy atom. The fourth-order valence-corrected chi connectivity index (χ4v) is 1.69. The van der Waals surface area contributed by atoms with Crippen LogP contribution in [0.5, 0.6) is 11.6 Å². The van der Waals surface area contributed by atoms with Gasteiger partial charge in [0.2, 0.25) is 0 Å². The molecular weight excluding hydrogens is 229 g/mol. The average Bonchev–Trinajstić information content (AvgIpc) is 2.87. The molecule has 4 nitrogen and oxygen atoms in total. The van der Waals surface area contributed by atoms with E-state index in [-0.39, 0.29) is 6.61 Å². The number of benzene rings is 1. The minimum absolute atomic E-state index is 0.0196. The summed E-state index contributed by atoms with van der Waals surface area (Å²) in [5, 5.41) is 10.9. The van der Waals surface area contributed by atoms with Gasteiger partial charge in [-0.15, -0.1) is 0 Å². The van der Waals surface area contributed by atoms with Crippen LogP contribution in [0.3, 0.4) is 0 Å². The Morgan fingerprint density at radius 2 is 2.22 bits per heavy atom. The number of ether oxygens (including phenoxy) is 1. The molecule has 0 radical (unpaired) electrons. The first-order chi connectivity index (χ1) is 8.85. The van der Waals surface area contributed by atoms with E-state index in [9.17, 15) is 0 Å². The van der Waals surface area contributed by atoms with Crippen LogP contribution in [-0.2, 0) is 6.61 Å². The second kappa shape index (κ2) is 4.62. The zero-order valence-corrected chi connectivity index (χ0v) is 9.54. The van der Waals surface area contributed by atoms with Gasteiger partial charge in [-0.3, -0.25) is 0 Å². The second-order valence-electron chi connectivity index (χ2n) is 3.93. The first-order valence-corrected chi connectivity index (χ1v) is 5.55. The second-order valence-corrected chi connectivity index (χ2v) is 3.93.